The highest BCUT2D eigenvalue weighted by Gasteiger charge is 2.46. The lowest BCUT2D eigenvalue weighted by Gasteiger charge is -2.30. The van der Waals surface area contributed by atoms with E-state index in [2.05, 4.69) is 17.0 Å². The van der Waals surface area contributed by atoms with Crippen LogP contribution in [-0.4, -0.2) is 72.5 Å². The minimum atomic E-state index is -0.322. The Kier molecular flexibility index (Phi) is 9.06. The van der Waals surface area contributed by atoms with Crippen LogP contribution in [0.15, 0.2) is 77.4 Å². The largest absolute Gasteiger partial charge is 0.467 e. The summed E-state index contributed by atoms with van der Waals surface area (Å²) >= 11 is 0. The fourth-order valence-corrected chi connectivity index (χ4v) is 5.24. The number of rotatable bonds is 12. The molecule has 1 aliphatic carbocycles. The van der Waals surface area contributed by atoms with Crippen molar-refractivity contribution >= 4 is 11.8 Å². The number of carbonyl (C=O) groups excluding carboxylic acids is 2. The summed E-state index contributed by atoms with van der Waals surface area (Å²) in [5.41, 5.74) is 1.99. The van der Waals surface area contributed by atoms with Crippen molar-refractivity contribution in [3.05, 3.63) is 95.7 Å². The van der Waals surface area contributed by atoms with E-state index in [1.807, 2.05) is 24.3 Å². The minimum Gasteiger partial charge on any atom is -0.467 e. The van der Waals surface area contributed by atoms with Crippen molar-refractivity contribution < 1.29 is 23.1 Å². The summed E-state index contributed by atoms with van der Waals surface area (Å²) in [7, 11) is 0. The first-order valence-corrected chi connectivity index (χ1v) is 13.8. The molecular formula is C31H36FN3O4. The zero-order chi connectivity index (χ0) is 27.0. The molecule has 2 aromatic carbocycles. The van der Waals surface area contributed by atoms with Gasteiger partial charge in [0.1, 0.15) is 11.6 Å². The monoisotopic (exact) mass is 533 g/mol. The van der Waals surface area contributed by atoms with Gasteiger partial charge in [-0.2, -0.15) is 0 Å². The number of nitrogens with zero attached hydrogens (tertiary/aromatic N) is 3. The third-order valence-electron chi connectivity index (χ3n) is 7.55. The Morgan fingerprint density at radius 1 is 0.923 bits per heavy atom. The normalized spacial score (nSPS) is 19.0. The molecule has 39 heavy (non-hydrogen) atoms. The van der Waals surface area contributed by atoms with Gasteiger partial charge in [0, 0.05) is 38.6 Å². The van der Waals surface area contributed by atoms with Crippen LogP contribution in [0.25, 0.3) is 0 Å². The Bertz CT molecular complexity index is 1200. The smallest absolute Gasteiger partial charge is 0.242 e. The van der Waals surface area contributed by atoms with E-state index in [9.17, 15) is 14.0 Å². The highest BCUT2D eigenvalue weighted by Crippen LogP contribution is 2.48. The lowest BCUT2D eigenvalue weighted by Crippen LogP contribution is -2.44. The molecule has 7 nitrogen and oxygen atoms in total. The Morgan fingerprint density at radius 3 is 2.41 bits per heavy atom. The summed E-state index contributed by atoms with van der Waals surface area (Å²) in [6.45, 7) is 5.19. The third-order valence-corrected chi connectivity index (χ3v) is 7.55. The van der Waals surface area contributed by atoms with Crippen molar-refractivity contribution in [3.63, 3.8) is 0 Å². The zero-order valence-electron chi connectivity index (χ0n) is 22.2. The van der Waals surface area contributed by atoms with Crippen molar-refractivity contribution in [3.8, 4) is 0 Å². The lowest BCUT2D eigenvalue weighted by molar-refractivity contribution is -0.142. The second-order valence-corrected chi connectivity index (χ2v) is 10.4. The lowest BCUT2D eigenvalue weighted by atomic mass is 10.1. The molecule has 0 bridgehead atoms. The van der Waals surface area contributed by atoms with Gasteiger partial charge in [-0.15, -0.1) is 0 Å². The first-order chi connectivity index (χ1) is 19.1. The van der Waals surface area contributed by atoms with Gasteiger partial charge in [-0.25, -0.2) is 4.39 Å². The molecule has 2 atom stereocenters. The van der Waals surface area contributed by atoms with Gasteiger partial charge in [-0.05, 0) is 54.2 Å². The number of halogens is 1. The maximum Gasteiger partial charge on any atom is 0.242 e. The van der Waals surface area contributed by atoms with Crippen LogP contribution >= 0.6 is 0 Å². The summed E-state index contributed by atoms with van der Waals surface area (Å²) < 4.78 is 24.5. The highest BCUT2D eigenvalue weighted by atomic mass is 19.1. The molecule has 0 spiro atoms. The third kappa shape index (κ3) is 7.55. The van der Waals surface area contributed by atoms with Crippen LogP contribution in [0.5, 0.6) is 0 Å². The molecule has 2 unspecified atom stereocenters. The van der Waals surface area contributed by atoms with Gasteiger partial charge in [0.05, 0.1) is 32.6 Å². The number of furan rings is 1. The van der Waals surface area contributed by atoms with Crippen LogP contribution in [0.1, 0.15) is 35.6 Å². The quantitative estimate of drug-likeness (QED) is 0.347. The number of hydrogen-bond acceptors (Lipinski definition) is 5. The molecule has 2 fully saturated rings. The number of amides is 2. The Balaban J connectivity index is 1.28. The van der Waals surface area contributed by atoms with E-state index in [0.717, 1.165) is 51.3 Å². The van der Waals surface area contributed by atoms with E-state index < -0.39 is 0 Å². The highest BCUT2D eigenvalue weighted by molar-refractivity contribution is 5.88. The summed E-state index contributed by atoms with van der Waals surface area (Å²) in [6, 6.07) is 19.9. The zero-order valence-corrected chi connectivity index (χ0v) is 22.2. The van der Waals surface area contributed by atoms with E-state index in [4.69, 9.17) is 9.15 Å². The van der Waals surface area contributed by atoms with Gasteiger partial charge < -0.3 is 19.0 Å². The second-order valence-electron chi connectivity index (χ2n) is 10.4. The fourth-order valence-electron chi connectivity index (χ4n) is 5.24. The van der Waals surface area contributed by atoms with Crippen LogP contribution in [0.2, 0.25) is 0 Å². The van der Waals surface area contributed by atoms with Crippen LogP contribution in [0.3, 0.4) is 0 Å². The molecule has 1 saturated heterocycles. The minimum absolute atomic E-state index is 0.00184. The summed E-state index contributed by atoms with van der Waals surface area (Å²) in [5, 5.41) is 0. The maximum absolute atomic E-state index is 13.7. The molecule has 0 N–H and O–H groups in total. The summed E-state index contributed by atoms with van der Waals surface area (Å²) in [5.74, 6) is 0.318. The SMILES string of the molecule is O=C(CN(CCCN1CCOCC1)C(=O)C1CC1c1ccccc1)N(Cc1ccc(F)cc1)Cc1ccco1. The molecule has 8 heteroatoms. The molecule has 1 saturated carbocycles. The van der Waals surface area contributed by atoms with Crippen LogP contribution in [-0.2, 0) is 27.4 Å². The molecule has 3 aromatic rings. The van der Waals surface area contributed by atoms with E-state index in [1.165, 1.54) is 17.7 Å². The van der Waals surface area contributed by atoms with Crippen molar-refractivity contribution in [2.45, 2.75) is 31.8 Å². The molecule has 2 heterocycles. The van der Waals surface area contributed by atoms with Gasteiger partial charge in [0.2, 0.25) is 11.8 Å². The fraction of sp³-hybridized carbons (Fsp3) is 0.419. The molecule has 0 radical (unpaired) electrons. The van der Waals surface area contributed by atoms with Crippen LogP contribution in [0.4, 0.5) is 4.39 Å². The van der Waals surface area contributed by atoms with Crippen LogP contribution < -0.4 is 0 Å². The predicted molar refractivity (Wildman–Crippen MR) is 145 cm³/mol. The van der Waals surface area contributed by atoms with Crippen LogP contribution in [0, 0.1) is 11.7 Å². The first kappa shape index (κ1) is 27.1. The van der Waals surface area contributed by atoms with Crippen molar-refractivity contribution in [2.75, 3.05) is 45.9 Å². The molecular weight excluding hydrogens is 497 g/mol. The van der Waals surface area contributed by atoms with Gasteiger partial charge in [0.25, 0.3) is 0 Å². The average molecular weight is 534 g/mol. The Hall–Kier alpha value is -3.49. The average Bonchev–Trinajstić information content (AvgIpc) is 3.61. The second kappa shape index (κ2) is 13.0. The summed E-state index contributed by atoms with van der Waals surface area (Å²) in [4.78, 5) is 33.2. The Labute approximate surface area is 229 Å². The van der Waals surface area contributed by atoms with E-state index in [-0.39, 0.29) is 42.6 Å². The predicted octanol–water partition coefficient (Wildman–Crippen LogP) is 4.30. The van der Waals surface area contributed by atoms with Gasteiger partial charge in [-0.1, -0.05) is 42.5 Å². The number of carbonyl (C=O) groups is 2. The van der Waals surface area contributed by atoms with Gasteiger partial charge >= 0.3 is 0 Å². The maximum atomic E-state index is 13.7. The van der Waals surface area contributed by atoms with E-state index in [0.29, 0.717) is 18.8 Å². The topological polar surface area (TPSA) is 66.2 Å². The molecule has 2 aliphatic rings. The molecule has 1 aromatic heterocycles. The van der Waals surface area contributed by atoms with Crippen molar-refractivity contribution in [1.29, 1.82) is 0 Å². The van der Waals surface area contributed by atoms with Gasteiger partial charge in [-0.3, -0.25) is 14.5 Å². The molecule has 5 rings (SSSR count). The number of benzene rings is 2. The summed E-state index contributed by atoms with van der Waals surface area (Å²) in [6.07, 6.45) is 3.18. The number of hydrogen-bond donors (Lipinski definition) is 0. The van der Waals surface area contributed by atoms with Gasteiger partial charge in [0.15, 0.2) is 0 Å². The standard InChI is InChI=1S/C31H36FN3O4/c32-26-11-9-24(10-12-26)21-35(22-27-8-4-17-39-27)30(36)23-34(14-5-13-33-15-18-38-19-16-33)31(37)29-20-28(29)25-6-2-1-3-7-25/h1-4,6-12,17,28-29H,5,13-16,18-23H2. The Morgan fingerprint density at radius 2 is 1.69 bits per heavy atom. The van der Waals surface area contributed by atoms with E-state index in [1.54, 1.807) is 34.3 Å². The van der Waals surface area contributed by atoms with Crippen molar-refractivity contribution in [2.24, 2.45) is 5.92 Å². The number of ether oxygens (including phenoxy) is 1. The molecule has 1 aliphatic heterocycles. The molecule has 206 valence electrons. The number of morpholine rings is 1. The van der Waals surface area contributed by atoms with Crippen molar-refractivity contribution in [1.82, 2.24) is 14.7 Å². The first-order valence-electron chi connectivity index (χ1n) is 13.8. The van der Waals surface area contributed by atoms with E-state index >= 15 is 0 Å². The molecule has 2 amide bonds.